The highest BCUT2D eigenvalue weighted by Gasteiger charge is 2.15. The molecule has 0 amide bonds. The summed E-state index contributed by atoms with van der Waals surface area (Å²) in [5.41, 5.74) is 10.6. The average Bonchev–Trinajstić information content (AvgIpc) is 3.19. The smallest absolute Gasteiger partial charge is 0.0462 e. The number of benzene rings is 9. The van der Waals surface area contributed by atoms with E-state index < -0.39 is 0 Å². The molecule has 1 heteroatoms. The number of anilines is 3. The molecule has 0 unspecified atom stereocenters. The molecule has 9 aromatic rings. The van der Waals surface area contributed by atoms with Crippen LogP contribution in [0.25, 0.3) is 65.7 Å². The second-order valence-electron chi connectivity index (χ2n) is 12.6. The molecule has 0 aromatic heterocycles. The normalized spacial score (nSPS) is 11.3. The third-order valence-electron chi connectivity index (χ3n) is 9.65. The highest BCUT2D eigenvalue weighted by Crippen LogP contribution is 2.41. The van der Waals surface area contributed by atoms with Crippen LogP contribution in [0.4, 0.5) is 17.1 Å². The van der Waals surface area contributed by atoms with Crippen LogP contribution in [0.2, 0.25) is 0 Å². The maximum absolute atomic E-state index is 2.36. The van der Waals surface area contributed by atoms with E-state index in [9.17, 15) is 0 Å². The van der Waals surface area contributed by atoms with Crippen LogP contribution in [0.5, 0.6) is 0 Å². The van der Waals surface area contributed by atoms with Gasteiger partial charge >= 0.3 is 0 Å². The van der Waals surface area contributed by atoms with Gasteiger partial charge in [0.2, 0.25) is 0 Å². The van der Waals surface area contributed by atoms with Gasteiger partial charge in [0.05, 0.1) is 0 Å². The summed E-state index contributed by atoms with van der Waals surface area (Å²) in [5, 5.41) is 7.70. The van der Waals surface area contributed by atoms with Crippen molar-refractivity contribution in [3.8, 4) is 33.4 Å². The van der Waals surface area contributed by atoms with Gasteiger partial charge in [-0.1, -0.05) is 158 Å². The molecule has 0 radical (unpaired) electrons. The van der Waals surface area contributed by atoms with Crippen LogP contribution in [0.1, 0.15) is 0 Å². The van der Waals surface area contributed by atoms with Gasteiger partial charge in [-0.15, -0.1) is 0 Å². The van der Waals surface area contributed by atoms with Crippen molar-refractivity contribution in [3.63, 3.8) is 0 Å². The van der Waals surface area contributed by atoms with Gasteiger partial charge in [0, 0.05) is 17.1 Å². The molecule has 9 aromatic carbocycles. The van der Waals surface area contributed by atoms with Crippen LogP contribution in [-0.2, 0) is 0 Å². The fraction of sp³-hybridized carbons (Fsp3) is 0. The molecule has 0 atom stereocenters. The third-order valence-corrected chi connectivity index (χ3v) is 9.65. The Labute approximate surface area is 287 Å². The Kier molecular flexibility index (Phi) is 7.22. The predicted octanol–water partition coefficient (Wildman–Crippen LogP) is 13.6. The van der Waals surface area contributed by atoms with Gasteiger partial charge in [-0.3, -0.25) is 0 Å². The summed E-state index contributed by atoms with van der Waals surface area (Å²) in [4.78, 5) is 2.35. The van der Waals surface area contributed by atoms with E-state index in [1.807, 2.05) is 0 Å². The SMILES string of the molecule is c1ccc(-c2ccc(N(c3ccc(-c4ccccc4)cc3)c3ccc(-c4cc5ccc6ccccc6c5c5ccccc45)cc3)cc2)cc1. The first-order valence-corrected chi connectivity index (χ1v) is 16.8. The molecule has 0 aliphatic carbocycles. The molecule has 0 saturated carbocycles. The summed E-state index contributed by atoms with van der Waals surface area (Å²) < 4.78 is 0. The molecule has 0 fully saturated rings. The van der Waals surface area contributed by atoms with Gasteiger partial charge < -0.3 is 4.90 Å². The molecule has 230 valence electrons. The number of hydrogen-bond donors (Lipinski definition) is 0. The zero-order valence-electron chi connectivity index (χ0n) is 27.0. The minimum atomic E-state index is 1.11. The van der Waals surface area contributed by atoms with E-state index in [-0.39, 0.29) is 0 Å². The first-order chi connectivity index (χ1) is 24.3. The third kappa shape index (κ3) is 5.32. The van der Waals surface area contributed by atoms with Gasteiger partial charge in [0.15, 0.2) is 0 Å². The van der Waals surface area contributed by atoms with Crippen LogP contribution in [0.3, 0.4) is 0 Å². The van der Waals surface area contributed by atoms with E-state index in [1.165, 1.54) is 65.7 Å². The number of hydrogen-bond acceptors (Lipinski definition) is 1. The Morgan fingerprint density at radius 1 is 0.265 bits per heavy atom. The molecule has 0 aliphatic heterocycles. The fourth-order valence-electron chi connectivity index (χ4n) is 7.22. The van der Waals surface area contributed by atoms with Crippen LogP contribution in [0, 0.1) is 0 Å². The van der Waals surface area contributed by atoms with E-state index in [2.05, 4.69) is 205 Å². The fourth-order valence-corrected chi connectivity index (χ4v) is 7.22. The van der Waals surface area contributed by atoms with Crippen LogP contribution < -0.4 is 4.90 Å². The minimum absolute atomic E-state index is 1.11. The van der Waals surface area contributed by atoms with Crippen molar-refractivity contribution in [3.05, 3.63) is 200 Å². The summed E-state index contributed by atoms with van der Waals surface area (Å²) >= 11 is 0. The van der Waals surface area contributed by atoms with Crippen molar-refractivity contribution in [2.75, 3.05) is 4.90 Å². The number of fused-ring (bicyclic) bond motifs is 5. The zero-order chi connectivity index (χ0) is 32.6. The maximum Gasteiger partial charge on any atom is 0.0462 e. The summed E-state index contributed by atoms with van der Waals surface area (Å²) in [6.45, 7) is 0. The summed E-state index contributed by atoms with van der Waals surface area (Å²) in [5.74, 6) is 0. The lowest BCUT2D eigenvalue weighted by atomic mass is 9.90. The molecule has 9 rings (SSSR count). The molecule has 0 saturated heterocycles. The summed E-state index contributed by atoms with van der Waals surface area (Å²) in [6, 6.07) is 72.3. The number of nitrogens with zero attached hydrogens (tertiary/aromatic N) is 1. The van der Waals surface area contributed by atoms with Crippen LogP contribution >= 0.6 is 0 Å². The Balaban J connectivity index is 1.14. The summed E-state index contributed by atoms with van der Waals surface area (Å²) in [7, 11) is 0. The van der Waals surface area contributed by atoms with E-state index in [0.29, 0.717) is 0 Å². The van der Waals surface area contributed by atoms with Crippen molar-refractivity contribution >= 4 is 49.4 Å². The van der Waals surface area contributed by atoms with Gasteiger partial charge in [0.25, 0.3) is 0 Å². The van der Waals surface area contributed by atoms with Gasteiger partial charge in [-0.05, 0) is 108 Å². The van der Waals surface area contributed by atoms with Crippen molar-refractivity contribution in [2.45, 2.75) is 0 Å². The molecule has 0 N–H and O–H groups in total. The standard InChI is InChI=1S/C48H33N/c1-3-11-34(12-4-1)36-21-27-41(28-22-36)49(42-29-23-37(24-30-42)35-13-5-2-6-14-35)43-31-25-39(26-32-43)47-33-40-20-19-38-15-7-8-16-44(38)48(40)46-18-10-9-17-45(46)47/h1-33H. The second-order valence-corrected chi connectivity index (χ2v) is 12.6. The Morgan fingerprint density at radius 3 is 1.22 bits per heavy atom. The van der Waals surface area contributed by atoms with Crippen LogP contribution in [0.15, 0.2) is 200 Å². The molecule has 1 nitrogen and oxygen atoms in total. The predicted molar refractivity (Wildman–Crippen MR) is 210 cm³/mol. The van der Waals surface area contributed by atoms with E-state index in [1.54, 1.807) is 0 Å². The summed E-state index contributed by atoms with van der Waals surface area (Å²) in [6.07, 6.45) is 0. The average molecular weight is 624 g/mol. The molecule has 0 bridgehead atoms. The lowest BCUT2D eigenvalue weighted by Crippen LogP contribution is -2.09. The van der Waals surface area contributed by atoms with E-state index in [0.717, 1.165) is 17.1 Å². The number of rotatable bonds is 6. The molecular formula is C48H33N. The van der Waals surface area contributed by atoms with Crippen molar-refractivity contribution in [2.24, 2.45) is 0 Å². The molecule has 49 heavy (non-hydrogen) atoms. The topological polar surface area (TPSA) is 3.24 Å². The van der Waals surface area contributed by atoms with Crippen LogP contribution in [-0.4, -0.2) is 0 Å². The minimum Gasteiger partial charge on any atom is -0.311 e. The van der Waals surface area contributed by atoms with Gasteiger partial charge in [-0.2, -0.15) is 0 Å². The van der Waals surface area contributed by atoms with E-state index >= 15 is 0 Å². The van der Waals surface area contributed by atoms with Crippen molar-refractivity contribution in [1.29, 1.82) is 0 Å². The Bertz CT molecular complexity index is 2470. The first kappa shape index (κ1) is 28.8. The quantitative estimate of drug-likeness (QED) is 0.167. The van der Waals surface area contributed by atoms with Crippen molar-refractivity contribution < 1.29 is 0 Å². The Hall–Kier alpha value is -6.44. The van der Waals surface area contributed by atoms with Crippen molar-refractivity contribution in [1.82, 2.24) is 0 Å². The first-order valence-electron chi connectivity index (χ1n) is 16.8. The largest absolute Gasteiger partial charge is 0.311 e. The molecular weight excluding hydrogens is 591 g/mol. The van der Waals surface area contributed by atoms with Gasteiger partial charge in [0.1, 0.15) is 0 Å². The Morgan fingerprint density at radius 2 is 0.673 bits per heavy atom. The van der Waals surface area contributed by atoms with E-state index in [4.69, 9.17) is 0 Å². The second kappa shape index (κ2) is 12.3. The molecule has 0 aliphatic rings. The zero-order valence-corrected chi connectivity index (χ0v) is 27.0. The molecule has 0 spiro atoms. The highest BCUT2D eigenvalue weighted by molar-refractivity contribution is 6.23. The molecule has 0 heterocycles. The monoisotopic (exact) mass is 623 g/mol. The maximum atomic E-state index is 2.36. The highest BCUT2D eigenvalue weighted by atomic mass is 15.1. The lowest BCUT2D eigenvalue weighted by Gasteiger charge is -2.26. The lowest BCUT2D eigenvalue weighted by molar-refractivity contribution is 1.28. The van der Waals surface area contributed by atoms with Gasteiger partial charge in [-0.25, -0.2) is 0 Å².